The average Bonchev–Trinajstić information content (AvgIpc) is 3.68. The van der Waals surface area contributed by atoms with Crippen LogP contribution in [0.3, 0.4) is 0 Å². The van der Waals surface area contributed by atoms with E-state index in [0.29, 0.717) is 25.0 Å². The maximum Gasteiger partial charge on any atom is 0.326 e. The lowest BCUT2D eigenvalue weighted by Gasteiger charge is -2.29. The maximum atomic E-state index is 13.8. The predicted molar refractivity (Wildman–Crippen MR) is 148 cm³/mol. The van der Waals surface area contributed by atoms with Gasteiger partial charge in [-0.15, -0.1) is 0 Å². The van der Waals surface area contributed by atoms with E-state index >= 15 is 0 Å². The van der Waals surface area contributed by atoms with Crippen molar-refractivity contribution < 1.29 is 24.3 Å². The highest BCUT2D eigenvalue weighted by molar-refractivity contribution is 5.95. The molecule has 12 heteroatoms. The summed E-state index contributed by atoms with van der Waals surface area (Å²) in [6, 6.07) is 3.73. The van der Waals surface area contributed by atoms with Crippen LogP contribution >= 0.6 is 0 Å². The first-order valence-corrected chi connectivity index (χ1v) is 13.6. The Morgan fingerprint density at radius 3 is 2.55 bits per heavy atom. The summed E-state index contributed by atoms with van der Waals surface area (Å²) in [4.78, 5) is 63.6. The van der Waals surface area contributed by atoms with Gasteiger partial charge in [0.1, 0.15) is 18.1 Å². The van der Waals surface area contributed by atoms with Crippen LogP contribution in [0.5, 0.6) is 0 Å². The number of carboxylic acid groups (broad SMARTS) is 1. The lowest BCUT2D eigenvalue weighted by atomic mass is 10.0. The summed E-state index contributed by atoms with van der Waals surface area (Å²) in [6.07, 6.45) is 6.39. The molecule has 1 aromatic carbocycles. The number of benzene rings is 1. The molecule has 12 nitrogen and oxygen atoms in total. The number of likely N-dealkylation sites (tertiary alicyclic amines) is 1. The number of nitrogens with zero attached hydrogens (tertiary/aromatic N) is 2. The number of hydrogen-bond donors (Lipinski definition) is 6. The van der Waals surface area contributed by atoms with Gasteiger partial charge in [-0.05, 0) is 36.8 Å². The number of nitrogens with two attached hydrogens (primary N) is 1. The number of fused-ring (bicyclic) bond motifs is 1. The van der Waals surface area contributed by atoms with Crippen LogP contribution < -0.4 is 16.4 Å². The van der Waals surface area contributed by atoms with Crippen LogP contribution in [-0.2, 0) is 32.0 Å². The van der Waals surface area contributed by atoms with Crippen molar-refractivity contribution in [1.82, 2.24) is 30.5 Å². The van der Waals surface area contributed by atoms with E-state index in [0.717, 1.165) is 16.5 Å². The fraction of sp³-hybridized carbons (Fsp3) is 0.464. The summed E-state index contributed by atoms with van der Waals surface area (Å²) in [5.41, 5.74) is 8.37. The van der Waals surface area contributed by atoms with Crippen molar-refractivity contribution in [2.24, 2.45) is 11.7 Å². The lowest BCUT2D eigenvalue weighted by Crippen LogP contribution is -2.58. The largest absolute Gasteiger partial charge is 0.480 e. The number of amides is 3. The topological polar surface area (TPSA) is 186 Å². The number of nitrogens with one attached hydrogen (secondary N) is 4. The van der Waals surface area contributed by atoms with E-state index in [2.05, 4.69) is 25.6 Å². The zero-order chi connectivity index (χ0) is 28.8. The van der Waals surface area contributed by atoms with Gasteiger partial charge in [0.25, 0.3) is 0 Å². The first-order valence-electron chi connectivity index (χ1n) is 13.6. The molecule has 4 rings (SSSR count). The third-order valence-electron chi connectivity index (χ3n) is 7.21. The van der Waals surface area contributed by atoms with Gasteiger partial charge in [0.15, 0.2) is 0 Å². The first-order chi connectivity index (χ1) is 19.1. The van der Waals surface area contributed by atoms with Crippen molar-refractivity contribution in [2.75, 3.05) is 6.54 Å². The van der Waals surface area contributed by atoms with Crippen LogP contribution in [0, 0.1) is 5.92 Å². The minimum Gasteiger partial charge on any atom is -0.480 e. The Morgan fingerprint density at radius 1 is 1.10 bits per heavy atom. The number of aromatic nitrogens is 3. The molecular formula is C28H37N7O5. The highest BCUT2D eigenvalue weighted by Crippen LogP contribution is 2.23. The number of imidazole rings is 1. The molecule has 4 atom stereocenters. The zero-order valence-corrected chi connectivity index (χ0v) is 22.7. The molecule has 0 saturated carbocycles. The Morgan fingerprint density at radius 2 is 1.85 bits per heavy atom. The van der Waals surface area contributed by atoms with Gasteiger partial charge >= 0.3 is 5.97 Å². The molecule has 2 aromatic heterocycles. The quantitative estimate of drug-likeness (QED) is 0.194. The van der Waals surface area contributed by atoms with Gasteiger partial charge in [-0.1, -0.05) is 32.0 Å². The lowest BCUT2D eigenvalue weighted by molar-refractivity contribution is -0.149. The highest BCUT2D eigenvalue weighted by atomic mass is 16.4. The molecule has 1 aliphatic heterocycles. The van der Waals surface area contributed by atoms with Crippen LogP contribution in [0.15, 0.2) is 43.0 Å². The standard InChI is InChI=1S/C28H37N7O5/c1-16(2)10-20(29)25(36)33-22(12-18-14-30-15-32-18)26(37)34-23(27(38)35-9-5-8-24(35)28(39)40)11-17-13-31-21-7-4-3-6-19(17)21/h3-4,6-7,13-16,20,22-24,31H,5,8-12,29H2,1-2H3,(H,30,32)(H,33,36)(H,34,37)(H,39,40). The number of H-pyrrole nitrogens is 2. The van der Waals surface area contributed by atoms with Crippen LogP contribution in [0.1, 0.15) is 44.4 Å². The molecule has 0 aliphatic carbocycles. The molecule has 0 spiro atoms. The third kappa shape index (κ3) is 6.87. The molecule has 1 aliphatic rings. The molecule has 214 valence electrons. The van der Waals surface area contributed by atoms with Crippen molar-refractivity contribution in [1.29, 1.82) is 0 Å². The van der Waals surface area contributed by atoms with Gasteiger partial charge < -0.3 is 36.3 Å². The SMILES string of the molecule is CC(C)CC(N)C(=O)NC(Cc1cnc[nH]1)C(=O)NC(Cc1c[nH]c2ccccc12)C(=O)N1CCCC1C(=O)O. The first kappa shape index (κ1) is 28.8. The normalized spacial score (nSPS) is 17.5. The van der Waals surface area contributed by atoms with Crippen molar-refractivity contribution >= 4 is 34.6 Å². The monoisotopic (exact) mass is 551 g/mol. The van der Waals surface area contributed by atoms with Crippen LogP contribution in [0.4, 0.5) is 0 Å². The summed E-state index contributed by atoms with van der Waals surface area (Å²) >= 11 is 0. The second-order valence-electron chi connectivity index (χ2n) is 10.7. The van der Waals surface area contributed by atoms with E-state index in [1.54, 1.807) is 12.4 Å². The van der Waals surface area contributed by atoms with Gasteiger partial charge in [0.2, 0.25) is 17.7 Å². The van der Waals surface area contributed by atoms with Crippen LogP contribution in [-0.4, -0.2) is 79.4 Å². The molecule has 1 saturated heterocycles. The van der Waals surface area contributed by atoms with Crippen LogP contribution in [0.25, 0.3) is 10.9 Å². The van der Waals surface area contributed by atoms with Gasteiger partial charge in [-0.3, -0.25) is 14.4 Å². The molecule has 0 radical (unpaired) electrons. The zero-order valence-electron chi connectivity index (χ0n) is 22.7. The Hall–Kier alpha value is -4.19. The van der Waals surface area contributed by atoms with E-state index < -0.39 is 47.9 Å². The maximum absolute atomic E-state index is 13.8. The summed E-state index contributed by atoms with van der Waals surface area (Å²) < 4.78 is 0. The number of hydrogen-bond acceptors (Lipinski definition) is 6. The Balaban J connectivity index is 1.60. The minimum atomic E-state index is -1.08. The summed E-state index contributed by atoms with van der Waals surface area (Å²) in [5.74, 6) is -2.43. The minimum absolute atomic E-state index is 0.0986. The summed E-state index contributed by atoms with van der Waals surface area (Å²) in [7, 11) is 0. The summed E-state index contributed by atoms with van der Waals surface area (Å²) in [6.45, 7) is 4.19. The molecule has 0 bridgehead atoms. The predicted octanol–water partition coefficient (Wildman–Crippen LogP) is 1.09. The number of para-hydroxylation sites is 1. The van der Waals surface area contributed by atoms with Gasteiger partial charge in [-0.2, -0.15) is 0 Å². The van der Waals surface area contributed by atoms with Gasteiger partial charge in [-0.25, -0.2) is 9.78 Å². The molecule has 4 unspecified atom stereocenters. The van der Waals surface area contributed by atoms with Crippen molar-refractivity contribution in [3.63, 3.8) is 0 Å². The highest BCUT2D eigenvalue weighted by Gasteiger charge is 2.38. The van der Waals surface area contributed by atoms with E-state index in [1.165, 1.54) is 11.2 Å². The molecule has 3 amide bonds. The van der Waals surface area contributed by atoms with Gasteiger partial charge in [0, 0.05) is 48.4 Å². The van der Waals surface area contributed by atoms with E-state index in [4.69, 9.17) is 5.73 Å². The molecule has 40 heavy (non-hydrogen) atoms. The number of carboxylic acids is 1. The number of aromatic amines is 2. The number of carbonyl (C=O) groups excluding carboxylic acids is 3. The fourth-order valence-corrected chi connectivity index (χ4v) is 5.20. The van der Waals surface area contributed by atoms with Crippen LogP contribution in [0.2, 0.25) is 0 Å². The Kier molecular flexibility index (Phi) is 9.20. The van der Waals surface area contributed by atoms with E-state index in [9.17, 15) is 24.3 Å². The van der Waals surface area contributed by atoms with E-state index in [1.807, 2.05) is 38.1 Å². The van der Waals surface area contributed by atoms with Crippen molar-refractivity contribution in [3.8, 4) is 0 Å². The Labute approximate surface area is 232 Å². The molecule has 1 fully saturated rings. The molecule has 3 heterocycles. The van der Waals surface area contributed by atoms with Crippen molar-refractivity contribution in [2.45, 2.75) is 70.1 Å². The average molecular weight is 552 g/mol. The van der Waals surface area contributed by atoms with Gasteiger partial charge in [0.05, 0.1) is 12.4 Å². The summed E-state index contributed by atoms with van der Waals surface area (Å²) in [5, 5.41) is 16.1. The number of aliphatic carboxylic acids is 1. The van der Waals surface area contributed by atoms with E-state index in [-0.39, 0.29) is 25.3 Å². The Bertz CT molecular complexity index is 1340. The number of rotatable bonds is 12. The number of carbonyl (C=O) groups is 4. The van der Waals surface area contributed by atoms with Crippen molar-refractivity contribution in [3.05, 3.63) is 54.2 Å². The third-order valence-corrected chi connectivity index (χ3v) is 7.21. The second-order valence-corrected chi connectivity index (χ2v) is 10.7. The smallest absolute Gasteiger partial charge is 0.326 e. The molecule has 3 aromatic rings. The second kappa shape index (κ2) is 12.8. The molecular weight excluding hydrogens is 514 g/mol. The fourth-order valence-electron chi connectivity index (χ4n) is 5.20. The molecule has 7 N–H and O–H groups in total.